The van der Waals surface area contributed by atoms with E-state index in [4.69, 9.17) is 16.7 Å². The topological polar surface area (TPSA) is 29.5 Å². The summed E-state index contributed by atoms with van der Waals surface area (Å²) in [6.45, 7) is 0. The monoisotopic (exact) mass is 176 g/mol. The van der Waals surface area contributed by atoms with Crippen molar-refractivity contribution in [1.29, 1.82) is 0 Å². The Hall–Kier alpha value is -0.960. The summed E-state index contributed by atoms with van der Waals surface area (Å²) < 4.78 is 17.3. The van der Waals surface area contributed by atoms with Gasteiger partial charge in [0.15, 0.2) is 0 Å². The first-order chi connectivity index (χ1) is 5.15. The van der Waals surface area contributed by atoms with Gasteiger partial charge in [-0.25, -0.2) is 4.39 Å². The summed E-state index contributed by atoms with van der Waals surface area (Å²) in [6.07, 6.45) is 0. The quantitative estimate of drug-likeness (QED) is 0.711. The van der Waals surface area contributed by atoms with E-state index in [9.17, 15) is 4.39 Å². The van der Waals surface area contributed by atoms with Crippen LogP contribution in [0.4, 0.5) is 4.39 Å². The molecule has 60 valence electrons. The maximum Gasteiger partial charge on any atom is 0.149 e. The van der Waals surface area contributed by atoms with Crippen LogP contribution in [0.1, 0.15) is 0 Å². The fourth-order valence-corrected chi connectivity index (χ4v) is 0.777. The highest BCUT2D eigenvalue weighted by Crippen LogP contribution is 2.30. The Morgan fingerprint density at radius 2 is 2.18 bits per heavy atom. The van der Waals surface area contributed by atoms with E-state index in [-0.39, 0.29) is 16.5 Å². The highest BCUT2D eigenvalue weighted by atomic mass is 35.5. The molecule has 0 heterocycles. The Balaban J connectivity index is 3.21. The number of benzene rings is 1. The van der Waals surface area contributed by atoms with Crippen molar-refractivity contribution < 1.29 is 14.2 Å². The van der Waals surface area contributed by atoms with E-state index >= 15 is 0 Å². The molecule has 0 aliphatic heterocycles. The molecule has 0 aliphatic carbocycles. The fraction of sp³-hybridized carbons (Fsp3) is 0.143. The molecule has 2 nitrogen and oxygen atoms in total. The minimum Gasteiger partial charge on any atom is -0.506 e. The minimum atomic E-state index is -0.691. The lowest BCUT2D eigenvalue weighted by molar-refractivity contribution is 0.402. The smallest absolute Gasteiger partial charge is 0.149 e. The van der Waals surface area contributed by atoms with E-state index in [1.165, 1.54) is 13.2 Å². The highest BCUT2D eigenvalue weighted by Gasteiger charge is 2.07. The Kier molecular flexibility index (Phi) is 2.19. The molecule has 1 N–H and O–H groups in total. The summed E-state index contributed by atoms with van der Waals surface area (Å²) in [7, 11) is 1.38. The van der Waals surface area contributed by atoms with Gasteiger partial charge in [0.2, 0.25) is 0 Å². The SMILES string of the molecule is COc1cc(O)c(Cl)c(F)c1. The van der Waals surface area contributed by atoms with Crippen LogP contribution < -0.4 is 4.74 Å². The van der Waals surface area contributed by atoms with Gasteiger partial charge in [-0.05, 0) is 0 Å². The zero-order chi connectivity index (χ0) is 8.43. The summed E-state index contributed by atoms with van der Waals surface area (Å²) in [5.74, 6) is -0.767. The van der Waals surface area contributed by atoms with Crippen LogP contribution in [-0.2, 0) is 0 Å². The molecule has 0 atom stereocenters. The third-order valence-electron chi connectivity index (χ3n) is 1.22. The Bertz CT molecular complexity index is 252. The molecule has 0 radical (unpaired) electrons. The van der Waals surface area contributed by atoms with Crippen molar-refractivity contribution in [2.24, 2.45) is 0 Å². The largest absolute Gasteiger partial charge is 0.506 e. The van der Waals surface area contributed by atoms with Gasteiger partial charge in [-0.1, -0.05) is 11.6 Å². The van der Waals surface area contributed by atoms with Gasteiger partial charge in [0.25, 0.3) is 0 Å². The van der Waals surface area contributed by atoms with Gasteiger partial charge in [-0.3, -0.25) is 0 Å². The third-order valence-corrected chi connectivity index (χ3v) is 1.59. The van der Waals surface area contributed by atoms with Crippen LogP contribution in [0.25, 0.3) is 0 Å². The highest BCUT2D eigenvalue weighted by molar-refractivity contribution is 6.32. The molecule has 0 spiro atoms. The van der Waals surface area contributed by atoms with E-state index < -0.39 is 5.82 Å². The van der Waals surface area contributed by atoms with E-state index in [2.05, 4.69) is 4.74 Å². The van der Waals surface area contributed by atoms with Crippen molar-refractivity contribution in [3.05, 3.63) is 23.0 Å². The van der Waals surface area contributed by atoms with Crippen molar-refractivity contribution in [2.45, 2.75) is 0 Å². The van der Waals surface area contributed by atoms with Gasteiger partial charge in [-0.2, -0.15) is 0 Å². The lowest BCUT2D eigenvalue weighted by atomic mass is 10.3. The second-order valence-corrected chi connectivity index (χ2v) is 2.32. The number of phenols is 1. The molecule has 1 aromatic rings. The molecule has 0 fully saturated rings. The van der Waals surface area contributed by atoms with Gasteiger partial charge in [0.1, 0.15) is 22.3 Å². The molecule has 4 heteroatoms. The summed E-state index contributed by atoms with van der Waals surface area (Å²) >= 11 is 5.33. The first-order valence-electron chi connectivity index (χ1n) is 2.87. The van der Waals surface area contributed by atoms with Crippen LogP contribution in [-0.4, -0.2) is 12.2 Å². The molecule has 1 rings (SSSR count). The Morgan fingerprint density at radius 1 is 1.55 bits per heavy atom. The predicted molar refractivity (Wildman–Crippen MR) is 39.6 cm³/mol. The van der Waals surface area contributed by atoms with Crippen molar-refractivity contribution in [3.63, 3.8) is 0 Å². The number of hydrogen-bond acceptors (Lipinski definition) is 2. The van der Waals surface area contributed by atoms with E-state index in [1.54, 1.807) is 0 Å². The summed E-state index contributed by atoms with van der Waals surface area (Å²) in [5, 5.41) is 8.67. The van der Waals surface area contributed by atoms with Gasteiger partial charge in [0.05, 0.1) is 7.11 Å². The van der Waals surface area contributed by atoms with Crippen molar-refractivity contribution in [2.75, 3.05) is 7.11 Å². The number of phenolic OH excluding ortho intramolecular Hbond substituents is 1. The number of methoxy groups -OCH3 is 1. The van der Waals surface area contributed by atoms with Crippen LogP contribution >= 0.6 is 11.6 Å². The van der Waals surface area contributed by atoms with Gasteiger partial charge in [0, 0.05) is 12.1 Å². The molecule has 11 heavy (non-hydrogen) atoms. The molecule has 0 aliphatic rings. The Labute approximate surface area is 68.2 Å². The first kappa shape index (κ1) is 8.14. The molecule has 0 amide bonds. The number of rotatable bonds is 1. The maximum atomic E-state index is 12.7. The number of hydrogen-bond donors (Lipinski definition) is 1. The third kappa shape index (κ3) is 1.54. The molecular formula is C7H6ClFO2. The van der Waals surface area contributed by atoms with Crippen LogP contribution in [0.2, 0.25) is 5.02 Å². The Morgan fingerprint density at radius 3 is 2.64 bits per heavy atom. The van der Waals surface area contributed by atoms with Crippen LogP contribution in [0.5, 0.6) is 11.5 Å². The average molecular weight is 177 g/mol. The second-order valence-electron chi connectivity index (χ2n) is 1.94. The molecule has 0 aromatic heterocycles. The van der Waals surface area contributed by atoms with E-state index in [1.807, 2.05) is 0 Å². The molecule has 0 unspecified atom stereocenters. The van der Waals surface area contributed by atoms with Gasteiger partial charge in [-0.15, -0.1) is 0 Å². The van der Waals surface area contributed by atoms with E-state index in [0.717, 1.165) is 6.07 Å². The standard InChI is InChI=1S/C7H6ClFO2/c1-11-4-2-5(9)7(8)6(10)3-4/h2-3,10H,1H3. The normalized spacial score (nSPS) is 9.73. The zero-order valence-corrected chi connectivity index (χ0v) is 6.52. The zero-order valence-electron chi connectivity index (χ0n) is 5.77. The number of ether oxygens (including phenoxy) is 1. The van der Waals surface area contributed by atoms with Crippen LogP contribution in [0.3, 0.4) is 0 Å². The maximum absolute atomic E-state index is 12.7. The minimum absolute atomic E-state index is 0.240. The van der Waals surface area contributed by atoms with Crippen LogP contribution in [0.15, 0.2) is 12.1 Å². The van der Waals surface area contributed by atoms with Gasteiger partial charge >= 0.3 is 0 Å². The first-order valence-corrected chi connectivity index (χ1v) is 3.25. The van der Waals surface area contributed by atoms with Crippen molar-refractivity contribution in [3.8, 4) is 11.5 Å². The summed E-state index contributed by atoms with van der Waals surface area (Å²) in [5.41, 5.74) is 0. The molecule has 0 saturated carbocycles. The van der Waals surface area contributed by atoms with Crippen molar-refractivity contribution in [1.82, 2.24) is 0 Å². The van der Waals surface area contributed by atoms with Gasteiger partial charge < -0.3 is 9.84 Å². The molecule has 0 saturated heterocycles. The number of aromatic hydroxyl groups is 1. The fourth-order valence-electron chi connectivity index (χ4n) is 0.668. The summed E-state index contributed by atoms with van der Waals surface area (Å²) in [4.78, 5) is 0. The molecule has 0 bridgehead atoms. The molecule has 1 aromatic carbocycles. The average Bonchev–Trinajstić information content (AvgIpc) is 1.99. The second kappa shape index (κ2) is 2.96. The van der Waals surface area contributed by atoms with E-state index in [0.29, 0.717) is 0 Å². The van der Waals surface area contributed by atoms with Crippen molar-refractivity contribution >= 4 is 11.6 Å². The van der Waals surface area contributed by atoms with Crippen LogP contribution in [0, 0.1) is 5.82 Å². The predicted octanol–water partition coefficient (Wildman–Crippen LogP) is 2.19. The lowest BCUT2D eigenvalue weighted by Crippen LogP contribution is -1.85. The lowest BCUT2D eigenvalue weighted by Gasteiger charge is -2.02. The molecular weight excluding hydrogens is 171 g/mol. The summed E-state index contributed by atoms with van der Waals surface area (Å²) in [6, 6.07) is 2.34. The number of halogens is 2.